The van der Waals surface area contributed by atoms with Crippen molar-refractivity contribution in [3.8, 4) is 0 Å². The van der Waals surface area contributed by atoms with E-state index in [-0.39, 0.29) is 0 Å². The molecule has 0 aromatic heterocycles. The SMILES string of the molecule is CCOCCOCCCC1CO1. The standard InChI is InChI=1S/C9H18O3/c1-2-10-6-7-11-5-3-4-9-8-12-9/h9H,2-8H2,1H3. The first-order valence-electron chi connectivity index (χ1n) is 4.70. The summed E-state index contributed by atoms with van der Waals surface area (Å²) in [5.41, 5.74) is 0. The molecular formula is C9H18O3. The van der Waals surface area contributed by atoms with Crippen molar-refractivity contribution in [3.05, 3.63) is 0 Å². The Hall–Kier alpha value is -0.120. The minimum Gasteiger partial charge on any atom is -0.379 e. The van der Waals surface area contributed by atoms with Crippen LogP contribution in [0.25, 0.3) is 0 Å². The van der Waals surface area contributed by atoms with Gasteiger partial charge in [0, 0.05) is 13.2 Å². The fourth-order valence-corrected chi connectivity index (χ4v) is 1.01. The Morgan fingerprint density at radius 1 is 1.25 bits per heavy atom. The van der Waals surface area contributed by atoms with Gasteiger partial charge in [-0.25, -0.2) is 0 Å². The molecule has 0 aliphatic carbocycles. The molecule has 0 bridgehead atoms. The van der Waals surface area contributed by atoms with Crippen LogP contribution in [0.15, 0.2) is 0 Å². The fourth-order valence-electron chi connectivity index (χ4n) is 1.01. The number of rotatable bonds is 8. The lowest BCUT2D eigenvalue weighted by atomic mass is 10.3. The van der Waals surface area contributed by atoms with Crippen LogP contribution in [-0.2, 0) is 14.2 Å². The first-order chi connectivity index (χ1) is 5.93. The number of hydrogen-bond acceptors (Lipinski definition) is 3. The van der Waals surface area contributed by atoms with Gasteiger partial charge in [-0.05, 0) is 19.8 Å². The summed E-state index contributed by atoms with van der Waals surface area (Å²) < 4.78 is 15.5. The third-order valence-corrected chi connectivity index (χ3v) is 1.79. The number of epoxide rings is 1. The van der Waals surface area contributed by atoms with Crippen molar-refractivity contribution in [3.63, 3.8) is 0 Å². The Morgan fingerprint density at radius 3 is 2.67 bits per heavy atom. The van der Waals surface area contributed by atoms with E-state index in [0.717, 1.165) is 45.9 Å². The summed E-state index contributed by atoms with van der Waals surface area (Å²) in [6.07, 6.45) is 2.80. The van der Waals surface area contributed by atoms with Crippen LogP contribution in [-0.4, -0.2) is 39.1 Å². The molecule has 1 aliphatic rings. The molecule has 1 fully saturated rings. The molecule has 1 rings (SSSR count). The third-order valence-electron chi connectivity index (χ3n) is 1.79. The van der Waals surface area contributed by atoms with E-state index >= 15 is 0 Å². The van der Waals surface area contributed by atoms with Crippen molar-refractivity contribution in [2.75, 3.05) is 33.0 Å². The van der Waals surface area contributed by atoms with Gasteiger partial charge in [-0.3, -0.25) is 0 Å². The molecule has 0 amide bonds. The van der Waals surface area contributed by atoms with Gasteiger partial charge < -0.3 is 14.2 Å². The zero-order valence-electron chi connectivity index (χ0n) is 7.75. The molecule has 0 spiro atoms. The first-order valence-corrected chi connectivity index (χ1v) is 4.70. The molecule has 12 heavy (non-hydrogen) atoms. The highest BCUT2D eigenvalue weighted by Crippen LogP contribution is 2.14. The van der Waals surface area contributed by atoms with Crippen molar-refractivity contribution in [2.24, 2.45) is 0 Å². The van der Waals surface area contributed by atoms with Gasteiger partial charge in [0.1, 0.15) is 0 Å². The molecule has 1 saturated heterocycles. The van der Waals surface area contributed by atoms with Crippen molar-refractivity contribution in [1.82, 2.24) is 0 Å². The lowest BCUT2D eigenvalue weighted by molar-refractivity contribution is 0.0509. The molecule has 72 valence electrons. The maximum Gasteiger partial charge on any atom is 0.0810 e. The van der Waals surface area contributed by atoms with Gasteiger partial charge in [-0.2, -0.15) is 0 Å². The zero-order valence-corrected chi connectivity index (χ0v) is 7.75. The lowest BCUT2D eigenvalue weighted by Crippen LogP contribution is -2.05. The predicted octanol–water partition coefficient (Wildman–Crippen LogP) is 1.22. The highest BCUT2D eigenvalue weighted by molar-refractivity contribution is 4.67. The molecule has 1 atom stereocenters. The lowest BCUT2D eigenvalue weighted by Gasteiger charge is -2.02. The summed E-state index contributed by atoms with van der Waals surface area (Å²) in [6.45, 7) is 6.01. The smallest absolute Gasteiger partial charge is 0.0810 e. The van der Waals surface area contributed by atoms with Crippen molar-refractivity contribution in [2.45, 2.75) is 25.9 Å². The van der Waals surface area contributed by atoms with Crippen LogP contribution in [0.1, 0.15) is 19.8 Å². The second-order valence-electron chi connectivity index (χ2n) is 2.91. The van der Waals surface area contributed by atoms with E-state index in [4.69, 9.17) is 14.2 Å². The van der Waals surface area contributed by atoms with Crippen LogP contribution in [0, 0.1) is 0 Å². The van der Waals surface area contributed by atoms with E-state index < -0.39 is 0 Å². The van der Waals surface area contributed by atoms with E-state index in [1.807, 2.05) is 6.92 Å². The van der Waals surface area contributed by atoms with Gasteiger partial charge in [-0.15, -0.1) is 0 Å². The Morgan fingerprint density at radius 2 is 2.00 bits per heavy atom. The Kier molecular flexibility index (Phi) is 5.32. The minimum atomic E-state index is 0.542. The largest absolute Gasteiger partial charge is 0.379 e. The summed E-state index contributed by atoms with van der Waals surface area (Å²) in [5.74, 6) is 0. The fraction of sp³-hybridized carbons (Fsp3) is 1.00. The number of ether oxygens (including phenoxy) is 3. The Bertz CT molecular complexity index is 102. The molecule has 3 heteroatoms. The van der Waals surface area contributed by atoms with E-state index in [1.54, 1.807) is 0 Å². The van der Waals surface area contributed by atoms with Crippen LogP contribution >= 0.6 is 0 Å². The second-order valence-corrected chi connectivity index (χ2v) is 2.91. The summed E-state index contributed by atoms with van der Waals surface area (Å²) in [4.78, 5) is 0. The molecule has 0 saturated carbocycles. The predicted molar refractivity (Wildman–Crippen MR) is 46.3 cm³/mol. The van der Waals surface area contributed by atoms with Crippen LogP contribution in [0.4, 0.5) is 0 Å². The first kappa shape index (κ1) is 9.96. The summed E-state index contributed by atoms with van der Waals surface area (Å²) in [5, 5.41) is 0. The molecule has 0 radical (unpaired) electrons. The van der Waals surface area contributed by atoms with Gasteiger partial charge in [0.15, 0.2) is 0 Å². The molecule has 1 heterocycles. The monoisotopic (exact) mass is 174 g/mol. The summed E-state index contributed by atoms with van der Waals surface area (Å²) >= 11 is 0. The maximum absolute atomic E-state index is 5.33. The molecule has 0 N–H and O–H groups in total. The highest BCUT2D eigenvalue weighted by atomic mass is 16.6. The maximum atomic E-state index is 5.33. The van der Waals surface area contributed by atoms with Gasteiger partial charge in [-0.1, -0.05) is 0 Å². The summed E-state index contributed by atoms with van der Waals surface area (Å²) in [6, 6.07) is 0. The van der Waals surface area contributed by atoms with Gasteiger partial charge in [0.25, 0.3) is 0 Å². The van der Waals surface area contributed by atoms with Gasteiger partial charge in [0.05, 0.1) is 25.9 Å². The second kappa shape index (κ2) is 6.40. The highest BCUT2D eigenvalue weighted by Gasteiger charge is 2.20. The van der Waals surface area contributed by atoms with Crippen LogP contribution in [0.2, 0.25) is 0 Å². The van der Waals surface area contributed by atoms with E-state index in [0.29, 0.717) is 6.10 Å². The molecule has 0 aromatic carbocycles. The topological polar surface area (TPSA) is 31.0 Å². The minimum absolute atomic E-state index is 0.542. The van der Waals surface area contributed by atoms with E-state index in [2.05, 4.69) is 0 Å². The third kappa shape index (κ3) is 5.52. The quantitative estimate of drug-likeness (QED) is 0.409. The normalized spacial score (nSPS) is 21.2. The van der Waals surface area contributed by atoms with Crippen molar-refractivity contribution in [1.29, 1.82) is 0 Å². The zero-order chi connectivity index (χ0) is 8.65. The average Bonchev–Trinajstić information content (AvgIpc) is 2.87. The van der Waals surface area contributed by atoms with Crippen LogP contribution in [0.3, 0.4) is 0 Å². The van der Waals surface area contributed by atoms with Crippen LogP contribution < -0.4 is 0 Å². The molecule has 1 unspecified atom stereocenters. The van der Waals surface area contributed by atoms with Gasteiger partial charge >= 0.3 is 0 Å². The molecule has 0 aromatic rings. The van der Waals surface area contributed by atoms with Crippen LogP contribution in [0.5, 0.6) is 0 Å². The van der Waals surface area contributed by atoms with Crippen molar-refractivity contribution >= 4 is 0 Å². The number of hydrogen-bond donors (Lipinski definition) is 0. The Balaban J connectivity index is 1.65. The molecule has 3 nitrogen and oxygen atoms in total. The molecule has 1 aliphatic heterocycles. The van der Waals surface area contributed by atoms with E-state index in [9.17, 15) is 0 Å². The average molecular weight is 174 g/mol. The van der Waals surface area contributed by atoms with Gasteiger partial charge in [0.2, 0.25) is 0 Å². The van der Waals surface area contributed by atoms with E-state index in [1.165, 1.54) is 0 Å². The summed E-state index contributed by atoms with van der Waals surface area (Å²) in [7, 11) is 0. The molecular weight excluding hydrogens is 156 g/mol. The Labute approximate surface area is 74.0 Å². The van der Waals surface area contributed by atoms with Crippen molar-refractivity contribution < 1.29 is 14.2 Å².